The Morgan fingerprint density at radius 1 is 1.14 bits per heavy atom. The van der Waals surface area contributed by atoms with Gasteiger partial charge >= 0.3 is 0 Å². The van der Waals surface area contributed by atoms with Crippen LogP contribution in [0.5, 0.6) is 0 Å². The van der Waals surface area contributed by atoms with Crippen LogP contribution < -0.4 is 16.2 Å². The average Bonchev–Trinajstić information content (AvgIpc) is 2.53. The highest BCUT2D eigenvalue weighted by Gasteiger charge is 2.18. The Hall–Kier alpha value is -2.30. The number of carbonyl (C=O) groups is 2. The second kappa shape index (κ2) is 7.47. The lowest BCUT2D eigenvalue weighted by molar-refractivity contribution is -0.130. The summed E-state index contributed by atoms with van der Waals surface area (Å²) in [6, 6.07) is 7.77. The second-order valence-corrected chi connectivity index (χ2v) is 5.24. The monoisotopic (exact) mass is 287 g/mol. The third-order valence-corrected chi connectivity index (χ3v) is 3.47. The molecule has 112 valence electrons. The van der Waals surface area contributed by atoms with E-state index >= 15 is 0 Å². The van der Waals surface area contributed by atoms with Gasteiger partial charge in [0.1, 0.15) is 0 Å². The number of anilines is 1. The van der Waals surface area contributed by atoms with Crippen molar-refractivity contribution in [3.05, 3.63) is 42.0 Å². The maximum absolute atomic E-state index is 11.8. The zero-order chi connectivity index (χ0) is 15.1. The summed E-state index contributed by atoms with van der Waals surface area (Å²) in [6.07, 6.45) is 6.58. The highest BCUT2D eigenvalue weighted by molar-refractivity contribution is 5.85. The number of aryl methyl sites for hydroxylation is 1. The summed E-state index contributed by atoms with van der Waals surface area (Å²) >= 11 is 0. The molecule has 0 saturated heterocycles. The van der Waals surface area contributed by atoms with E-state index in [9.17, 15) is 9.59 Å². The van der Waals surface area contributed by atoms with Crippen LogP contribution in [0.25, 0.3) is 0 Å². The van der Waals surface area contributed by atoms with Crippen LogP contribution in [-0.4, -0.2) is 18.4 Å². The van der Waals surface area contributed by atoms with E-state index in [4.69, 9.17) is 0 Å². The molecule has 0 radical (unpaired) electrons. The summed E-state index contributed by atoms with van der Waals surface area (Å²) in [4.78, 5) is 23.5. The topological polar surface area (TPSA) is 70.2 Å². The SMILES string of the molecule is Cc1ccc(NCC(=O)NNC(=O)[C@H]2CC=CCC2)cc1. The van der Waals surface area contributed by atoms with Gasteiger partial charge in [-0.15, -0.1) is 0 Å². The largest absolute Gasteiger partial charge is 0.376 e. The van der Waals surface area contributed by atoms with Gasteiger partial charge in [-0.3, -0.25) is 20.4 Å². The van der Waals surface area contributed by atoms with Crippen LogP contribution in [0.3, 0.4) is 0 Å². The number of allylic oxidation sites excluding steroid dienone is 2. The first kappa shape index (κ1) is 15.1. The summed E-state index contributed by atoms with van der Waals surface area (Å²) < 4.78 is 0. The summed E-state index contributed by atoms with van der Waals surface area (Å²) in [7, 11) is 0. The number of amides is 2. The Labute approximate surface area is 124 Å². The first-order valence-corrected chi connectivity index (χ1v) is 7.19. The van der Waals surface area contributed by atoms with E-state index in [-0.39, 0.29) is 24.3 Å². The lowest BCUT2D eigenvalue weighted by atomic mass is 9.94. The molecular formula is C16H21N3O2. The van der Waals surface area contributed by atoms with Gasteiger partial charge in [-0.05, 0) is 38.3 Å². The lowest BCUT2D eigenvalue weighted by Gasteiger charge is -2.17. The number of hydrogen-bond donors (Lipinski definition) is 3. The summed E-state index contributed by atoms with van der Waals surface area (Å²) in [6.45, 7) is 2.13. The molecular weight excluding hydrogens is 266 g/mol. The first-order chi connectivity index (χ1) is 10.1. The Bertz CT molecular complexity index is 523. The van der Waals surface area contributed by atoms with Crippen LogP contribution in [0.15, 0.2) is 36.4 Å². The highest BCUT2D eigenvalue weighted by Crippen LogP contribution is 2.17. The fourth-order valence-electron chi connectivity index (χ4n) is 2.16. The van der Waals surface area contributed by atoms with Crippen molar-refractivity contribution in [3.8, 4) is 0 Å². The molecule has 0 fully saturated rings. The van der Waals surface area contributed by atoms with Crippen LogP contribution in [0.1, 0.15) is 24.8 Å². The maximum Gasteiger partial charge on any atom is 0.257 e. The van der Waals surface area contributed by atoms with Crippen molar-refractivity contribution in [2.45, 2.75) is 26.2 Å². The quantitative estimate of drug-likeness (QED) is 0.585. The van der Waals surface area contributed by atoms with E-state index in [1.54, 1.807) is 0 Å². The third kappa shape index (κ3) is 4.95. The molecule has 2 rings (SSSR count). The molecule has 1 aromatic carbocycles. The molecule has 1 aliphatic rings. The Morgan fingerprint density at radius 3 is 2.57 bits per heavy atom. The Balaban J connectivity index is 1.68. The van der Waals surface area contributed by atoms with E-state index in [0.717, 1.165) is 24.9 Å². The van der Waals surface area contributed by atoms with Crippen molar-refractivity contribution in [3.63, 3.8) is 0 Å². The van der Waals surface area contributed by atoms with Crippen molar-refractivity contribution >= 4 is 17.5 Å². The number of nitrogens with one attached hydrogen (secondary N) is 3. The predicted molar refractivity (Wildman–Crippen MR) is 82.4 cm³/mol. The minimum absolute atomic E-state index is 0.0413. The number of carbonyl (C=O) groups excluding carboxylic acids is 2. The number of hydrogen-bond acceptors (Lipinski definition) is 3. The minimum atomic E-state index is -0.268. The van der Waals surface area contributed by atoms with E-state index in [1.165, 1.54) is 5.56 Å². The van der Waals surface area contributed by atoms with Crippen molar-refractivity contribution in [1.29, 1.82) is 0 Å². The lowest BCUT2D eigenvalue weighted by Crippen LogP contribution is -2.46. The van der Waals surface area contributed by atoms with Gasteiger partial charge in [-0.2, -0.15) is 0 Å². The van der Waals surface area contributed by atoms with Gasteiger partial charge in [-0.25, -0.2) is 0 Å². The molecule has 0 aliphatic heterocycles. The van der Waals surface area contributed by atoms with Gasteiger partial charge in [0.2, 0.25) is 5.91 Å². The van der Waals surface area contributed by atoms with E-state index in [0.29, 0.717) is 0 Å². The second-order valence-electron chi connectivity index (χ2n) is 5.24. The number of benzene rings is 1. The molecule has 5 nitrogen and oxygen atoms in total. The summed E-state index contributed by atoms with van der Waals surface area (Å²) in [5, 5.41) is 3.00. The minimum Gasteiger partial charge on any atom is -0.376 e. The molecule has 0 spiro atoms. The van der Waals surface area contributed by atoms with Gasteiger partial charge in [0.25, 0.3) is 5.91 Å². The number of hydrazine groups is 1. The molecule has 1 atom stereocenters. The highest BCUT2D eigenvalue weighted by atomic mass is 16.2. The third-order valence-electron chi connectivity index (χ3n) is 3.47. The first-order valence-electron chi connectivity index (χ1n) is 7.19. The Morgan fingerprint density at radius 2 is 1.90 bits per heavy atom. The number of rotatable bonds is 4. The average molecular weight is 287 g/mol. The van der Waals surface area contributed by atoms with E-state index in [2.05, 4.69) is 22.2 Å². The molecule has 0 aromatic heterocycles. The molecule has 3 N–H and O–H groups in total. The van der Waals surface area contributed by atoms with E-state index in [1.807, 2.05) is 37.3 Å². The molecule has 0 bridgehead atoms. The molecule has 2 amide bonds. The smallest absolute Gasteiger partial charge is 0.257 e. The van der Waals surface area contributed by atoms with Crippen molar-refractivity contribution in [2.24, 2.45) is 5.92 Å². The van der Waals surface area contributed by atoms with Gasteiger partial charge in [-0.1, -0.05) is 29.8 Å². The fraction of sp³-hybridized carbons (Fsp3) is 0.375. The van der Waals surface area contributed by atoms with E-state index < -0.39 is 0 Å². The zero-order valence-electron chi connectivity index (χ0n) is 12.2. The predicted octanol–water partition coefficient (Wildman–Crippen LogP) is 1.91. The van der Waals surface area contributed by atoms with Crippen LogP contribution in [0, 0.1) is 12.8 Å². The normalized spacial score (nSPS) is 17.1. The molecule has 5 heteroatoms. The summed E-state index contributed by atoms with van der Waals surface area (Å²) in [5.41, 5.74) is 6.96. The van der Waals surface area contributed by atoms with Crippen LogP contribution in [0.2, 0.25) is 0 Å². The van der Waals surface area contributed by atoms with Crippen LogP contribution in [-0.2, 0) is 9.59 Å². The molecule has 0 unspecified atom stereocenters. The zero-order valence-corrected chi connectivity index (χ0v) is 12.2. The summed E-state index contributed by atoms with van der Waals surface area (Å²) in [5.74, 6) is -0.432. The van der Waals surface area contributed by atoms with Crippen molar-refractivity contribution in [2.75, 3.05) is 11.9 Å². The van der Waals surface area contributed by atoms with Crippen LogP contribution in [0.4, 0.5) is 5.69 Å². The standard InChI is InChI=1S/C16H21N3O2/c1-12-7-9-14(10-8-12)17-11-15(20)18-19-16(21)13-5-3-2-4-6-13/h2-3,7-10,13,17H,4-6,11H2,1H3,(H,18,20)(H,19,21)/t13-/m0/s1. The fourth-order valence-corrected chi connectivity index (χ4v) is 2.16. The molecule has 1 aliphatic carbocycles. The maximum atomic E-state index is 11.8. The van der Waals surface area contributed by atoms with Gasteiger partial charge in [0.15, 0.2) is 0 Å². The van der Waals surface area contributed by atoms with Crippen LogP contribution >= 0.6 is 0 Å². The van der Waals surface area contributed by atoms with Gasteiger partial charge in [0.05, 0.1) is 6.54 Å². The van der Waals surface area contributed by atoms with Crippen molar-refractivity contribution in [1.82, 2.24) is 10.9 Å². The van der Waals surface area contributed by atoms with Gasteiger partial charge in [0, 0.05) is 11.6 Å². The molecule has 0 heterocycles. The molecule has 21 heavy (non-hydrogen) atoms. The van der Waals surface area contributed by atoms with Gasteiger partial charge < -0.3 is 5.32 Å². The Kier molecular flexibility index (Phi) is 5.37. The molecule has 1 aromatic rings. The van der Waals surface area contributed by atoms with Crippen molar-refractivity contribution < 1.29 is 9.59 Å². The molecule has 0 saturated carbocycles.